The molecular weight excluding hydrogens is 425 g/mol. The maximum absolute atomic E-state index is 13.7. The quantitative estimate of drug-likeness (QED) is 0.544. The van der Waals surface area contributed by atoms with Crippen molar-refractivity contribution in [1.29, 1.82) is 0 Å². The van der Waals surface area contributed by atoms with Crippen molar-refractivity contribution in [3.05, 3.63) is 76.1 Å². The fourth-order valence-electron chi connectivity index (χ4n) is 2.61. The summed E-state index contributed by atoms with van der Waals surface area (Å²) in [6.45, 7) is 1.77. The molecule has 2 aromatic carbocycles. The first-order valence-corrected chi connectivity index (χ1v) is 8.77. The van der Waals surface area contributed by atoms with Crippen molar-refractivity contribution in [3.63, 3.8) is 0 Å². The zero-order valence-electron chi connectivity index (χ0n) is 15.3. The number of phenols is 1. The Morgan fingerprint density at radius 2 is 1.63 bits per heavy atom. The number of carbonyl (C=O) groups excluding carboxylic acids is 2. The highest BCUT2D eigenvalue weighted by molar-refractivity contribution is 6.31. The average Bonchev–Trinajstić information content (AvgIpc) is 3.14. The predicted octanol–water partition coefficient (Wildman–Crippen LogP) is 3.63. The standard InChI is InChI=1S/C19H14ClF3N4O3/c1-10-2-5-12(6-3-10)27-16(19(21,22)23)14(9-24-27)18(30)26-25-17(29)13-8-11(20)4-7-15(13)28/h2-9,28H,1H3,(H,25,29)(H,26,30). The number of alkyl halides is 3. The summed E-state index contributed by atoms with van der Waals surface area (Å²) in [6, 6.07) is 9.71. The number of aryl methyl sites for hydroxylation is 1. The minimum absolute atomic E-state index is 0.111. The normalized spacial score (nSPS) is 11.2. The molecule has 7 nitrogen and oxygen atoms in total. The molecule has 3 rings (SSSR count). The van der Waals surface area contributed by atoms with Gasteiger partial charge < -0.3 is 5.11 Å². The molecule has 30 heavy (non-hydrogen) atoms. The van der Waals surface area contributed by atoms with Gasteiger partial charge in [-0.05, 0) is 37.3 Å². The van der Waals surface area contributed by atoms with Crippen molar-refractivity contribution in [2.75, 3.05) is 0 Å². The van der Waals surface area contributed by atoms with Crippen LogP contribution in [-0.4, -0.2) is 26.7 Å². The number of carbonyl (C=O) groups is 2. The van der Waals surface area contributed by atoms with E-state index >= 15 is 0 Å². The Balaban J connectivity index is 1.86. The third-order valence-electron chi connectivity index (χ3n) is 4.05. The number of phenolic OH excluding ortho intramolecular Hbond substituents is 1. The summed E-state index contributed by atoms with van der Waals surface area (Å²) in [6.07, 6.45) is -4.15. The number of nitrogens with zero attached hydrogens (tertiary/aromatic N) is 2. The van der Waals surface area contributed by atoms with Crippen LogP contribution in [0.4, 0.5) is 13.2 Å². The number of aromatic nitrogens is 2. The van der Waals surface area contributed by atoms with Crippen LogP contribution < -0.4 is 10.9 Å². The molecule has 0 radical (unpaired) electrons. The third kappa shape index (κ3) is 4.38. The molecule has 0 aliphatic rings. The SMILES string of the molecule is Cc1ccc(-n2ncc(C(=O)NNC(=O)c3cc(Cl)ccc3O)c2C(F)(F)F)cc1. The first kappa shape index (κ1) is 21.2. The fourth-order valence-corrected chi connectivity index (χ4v) is 2.78. The Hall–Kier alpha value is -3.53. The molecule has 0 saturated heterocycles. The monoisotopic (exact) mass is 438 g/mol. The zero-order valence-corrected chi connectivity index (χ0v) is 16.0. The van der Waals surface area contributed by atoms with Crippen LogP contribution in [0.2, 0.25) is 5.02 Å². The largest absolute Gasteiger partial charge is 0.507 e. The number of hydrogen-bond acceptors (Lipinski definition) is 4. The Morgan fingerprint density at radius 1 is 1.03 bits per heavy atom. The molecule has 0 spiro atoms. The van der Waals surface area contributed by atoms with Crippen LogP contribution >= 0.6 is 11.6 Å². The Bertz CT molecular complexity index is 1110. The van der Waals surface area contributed by atoms with Gasteiger partial charge in [0.2, 0.25) is 0 Å². The molecule has 156 valence electrons. The van der Waals surface area contributed by atoms with Crippen LogP contribution in [0.1, 0.15) is 32.0 Å². The van der Waals surface area contributed by atoms with Gasteiger partial charge in [0.15, 0.2) is 5.69 Å². The van der Waals surface area contributed by atoms with Crippen LogP contribution in [0.5, 0.6) is 5.75 Å². The van der Waals surface area contributed by atoms with Crippen molar-refractivity contribution in [2.45, 2.75) is 13.1 Å². The second-order valence-corrected chi connectivity index (χ2v) is 6.66. The van der Waals surface area contributed by atoms with E-state index in [9.17, 15) is 27.9 Å². The summed E-state index contributed by atoms with van der Waals surface area (Å²) in [5.41, 5.74) is 2.41. The summed E-state index contributed by atoms with van der Waals surface area (Å²) in [7, 11) is 0. The summed E-state index contributed by atoms with van der Waals surface area (Å²) in [4.78, 5) is 24.4. The third-order valence-corrected chi connectivity index (χ3v) is 4.29. The van der Waals surface area contributed by atoms with Crippen LogP contribution in [0.3, 0.4) is 0 Å². The van der Waals surface area contributed by atoms with Crippen molar-refractivity contribution < 1.29 is 27.9 Å². The van der Waals surface area contributed by atoms with Gasteiger partial charge in [-0.2, -0.15) is 18.3 Å². The highest BCUT2D eigenvalue weighted by Gasteiger charge is 2.40. The van der Waals surface area contributed by atoms with E-state index in [4.69, 9.17) is 11.6 Å². The second-order valence-electron chi connectivity index (χ2n) is 6.22. The maximum atomic E-state index is 13.7. The van der Waals surface area contributed by atoms with Gasteiger partial charge in [-0.1, -0.05) is 29.3 Å². The number of aromatic hydroxyl groups is 1. The zero-order chi connectivity index (χ0) is 22.1. The molecule has 0 unspecified atom stereocenters. The van der Waals surface area contributed by atoms with E-state index in [0.717, 1.165) is 23.9 Å². The Morgan fingerprint density at radius 3 is 2.23 bits per heavy atom. The molecule has 3 aromatic rings. The van der Waals surface area contributed by atoms with E-state index in [-0.39, 0.29) is 16.3 Å². The molecular formula is C19H14ClF3N4O3. The van der Waals surface area contributed by atoms with E-state index in [2.05, 4.69) is 5.10 Å². The minimum atomic E-state index is -4.90. The minimum Gasteiger partial charge on any atom is -0.507 e. The van der Waals surface area contributed by atoms with Gasteiger partial charge in [0.25, 0.3) is 11.8 Å². The van der Waals surface area contributed by atoms with Gasteiger partial charge in [0.1, 0.15) is 5.75 Å². The number of rotatable bonds is 3. The number of amides is 2. The summed E-state index contributed by atoms with van der Waals surface area (Å²) in [5.74, 6) is -2.63. The van der Waals surface area contributed by atoms with Gasteiger partial charge in [0.05, 0.1) is 23.0 Å². The van der Waals surface area contributed by atoms with Crippen molar-refractivity contribution >= 4 is 23.4 Å². The Labute approximate surface area is 173 Å². The number of hydrogen-bond donors (Lipinski definition) is 3. The topological polar surface area (TPSA) is 96.3 Å². The number of nitrogens with one attached hydrogen (secondary N) is 2. The molecule has 0 aliphatic heterocycles. The average molecular weight is 439 g/mol. The maximum Gasteiger partial charge on any atom is 0.434 e. The summed E-state index contributed by atoms with van der Waals surface area (Å²) < 4.78 is 41.6. The number of hydrazine groups is 1. The molecule has 0 saturated carbocycles. The highest BCUT2D eigenvalue weighted by Crippen LogP contribution is 2.33. The first-order valence-electron chi connectivity index (χ1n) is 8.39. The second kappa shape index (κ2) is 8.07. The fraction of sp³-hybridized carbons (Fsp3) is 0.105. The predicted molar refractivity (Wildman–Crippen MR) is 101 cm³/mol. The van der Waals surface area contributed by atoms with Crippen LogP contribution in [-0.2, 0) is 6.18 Å². The first-order chi connectivity index (χ1) is 14.1. The molecule has 0 atom stereocenters. The Kier molecular flexibility index (Phi) is 5.70. The van der Waals surface area contributed by atoms with E-state index in [1.54, 1.807) is 19.1 Å². The van der Waals surface area contributed by atoms with Crippen molar-refractivity contribution in [1.82, 2.24) is 20.6 Å². The lowest BCUT2D eigenvalue weighted by atomic mass is 10.2. The van der Waals surface area contributed by atoms with E-state index in [0.29, 0.717) is 4.68 Å². The van der Waals surface area contributed by atoms with E-state index in [1.807, 2.05) is 10.9 Å². The lowest BCUT2D eigenvalue weighted by Crippen LogP contribution is -2.42. The molecule has 1 heterocycles. The molecule has 2 amide bonds. The van der Waals surface area contributed by atoms with Gasteiger partial charge in [-0.15, -0.1) is 0 Å². The number of benzene rings is 2. The van der Waals surface area contributed by atoms with Gasteiger partial charge in [-0.3, -0.25) is 20.4 Å². The lowest BCUT2D eigenvalue weighted by Gasteiger charge is -2.13. The van der Waals surface area contributed by atoms with Crippen LogP contribution in [0.25, 0.3) is 5.69 Å². The van der Waals surface area contributed by atoms with E-state index in [1.165, 1.54) is 18.2 Å². The highest BCUT2D eigenvalue weighted by atomic mass is 35.5. The molecule has 0 aliphatic carbocycles. The summed E-state index contributed by atoms with van der Waals surface area (Å²) >= 11 is 5.75. The van der Waals surface area contributed by atoms with E-state index < -0.39 is 35.0 Å². The van der Waals surface area contributed by atoms with Gasteiger partial charge >= 0.3 is 6.18 Å². The molecule has 3 N–H and O–H groups in total. The van der Waals surface area contributed by atoms with Gasteiger partial charge in [-0.25, -0.2) is 4.68 Å². The lowest BCUT2D eigenvalue weighted by molar-refractivity contribution is -0.143. The molecule has 0 fully saturated rings. The molecule has 0 bridgehead atoms. The smallest absolute Gasteiger partial charge is 0.434 e. The molecule has 11 heteroatoms. The van der Waals surface area contributed by atoms with Gasteiger partial charge in [0, 0.05) is 5.02 Å². The van der Waals surface area contributed by atoms with Crippen molar-refractivity contribution in [3.8, 4) is 11.4 Å². The summed E-state index contributed by atoms with van der Waals surface area (Å²) in [5, 5.41) is 13.5. The number of halogens is 4. The van der Waals surface area contributed by atoms with Crippen molar-refractivity contribution in [2.24, 2.45) is 0 Å². The molecule has 1 aromatic heterocycles. The van der Waals surface area contributed by atoms with Crippen LogP contribution in [0.15, 0.2) is 48.7 Å². The van der Waals surface area contributed by atoms with Crippen LogP contribution in [0, 0.1) is 6.92 Å².